The molecule has 0 aliphatic carbocycles. The summed E-state index contributed by atoms with van der Waals surface area (Å²) in [6.07, 6.45) is 0.0763. The summed E-state index contributed by atoms with van der Waals surface area (Å²) in [7, 11) is 0. The molecule has 0 aliphatic rings. The lowest BCUT2D eigenvalue weighted by Gasteiger charge is -2.12. The van der Waals surface area contributed by atoms with E-state index in [0.717, 1.165) is 11.3 Å². The van der Waals surface area contributed by atoms with E-state index in [9.17, 15) is 9.18 Å². The molecule has 0 saturated heterocycles. The molecule has 27 heavy (non-hydrogen) atoms. The molecule has 0 bridgehead atoms. The van der Waals surface area contributed by atoms with Gasteiger partial charge >= 0.3 is 0 Å². The highest BCUT2D eigenvalue weighted by atomic mass is 19.1. The molecule has 0 aliphatic heterocycles. The number of aryl methyl sites for hydroxylation is 2. The zero-order chi connectivity index (χ0) is 19.6. The number of benzene rings is 2. The number of nitrogens with one attached hydrogen (secondary N) is 1. The average molecular weight is 368 g/mol. The molecule has 0 saturated carbocycles. The molecule has 0 spiro atoms. The number of amides is 1. The molecule has 0 radical (unpaired) electrons. The molecule has 0 unspecified atom stereocenters. The number of halogens is 1. The van der Waals surface area contributed by atoms with Crippen molar-refractivity contribution in [2.24, 2.45) is 0 Å². The maximum absolute atomic E-state index is 13.1. The number of anilines is 1. The molecule has 7 heteroatoms. The third-order valence-corrected chi connectivity index (χ3v) is 3.86. The average Bonchev–Trinajstić information content (AvgIpc) is 2.99. The van der Waals surface area contributed by atoms with Gasteiger partial charge in [-0.2, -0.15) is 0 Å². The summed E-state index contributed by atoms with van der Waals surface area (Å²) >= 11 is 0. The van der Waals surface area contributed by atoms with Gasteiger partial charge in [-0.05, 0) is 75.7 Å². The van der Waals surface area contributed by atoms with Gasteiger partial charge in [-0.1, -0.05) is 0 Å². The molecule has 3 rings (SSSR count). The first-order valence-electron chi connectivity index (χ1n) is 8.62. The number of ether oxygens (including phenoxy) is 1. The maximum Gasteiger partial charge on any atom is 0.295 e. The van der Waals surface area contributed by atoms with Gasteiger partial charge < -0.3 is 10.1 Å². The summed E-state index contributed by atoms with van der Waals surface area (Å²) in [5.41, 5.74) is 2.16. The highest BCUT2D eigenvalue weighted by Crippen LogP contribution is 2.22. The van der Waals surface area contributed by atoms with Crippen LogP contribution in [0.1, 0.15) is 35.9 Å². The van der Waals surface area contributed by atoms with Gasteiger partial charge in [0.25, 0.3) is 5.91 Å². The van der Waals surface area contributed by atoms with E-state index in [-0.39, 0.29) is 17.7 Å². The van der Waals surface area contributed by atoms with Crippen LogP contribution in [-0.4, -0.2) is 26.8 Å². The lowest BCUT2D eigenvalue weighted by molar-refractivity contribution is 0.101. The Kier molecular flexibility index (Phi) is 5.21. The first kappa shape index (κ1) is 18.6. The van der Waals surface area contributed by atoms with Gasteiger partial charge in [0.15, 0.2) is 0 Å². The van der Waals surface area contributed by atoms with Crippen molar-refractivity contribution in [3.63, 3.8) is 0 Å². The highest BCUT2D eigenvalue weighted by Gasteiger charge is 2.16. The summed E-state index contributed by atoms with van der Waals surface area (Å²) in [4.78, 5) is 16.8. The number of rotatable bonds is 5. The van der Waals surface area contributed by atoms with Crippen LogP contribution in [0, 0.1) is 19.7 Å². The van der Waals surface area contributed by atoms with Crippen LogP contribution in [0.15, 0.2) is 42.5 Å². The Morgan fingerprint density at radius 3 is 2.48 bits per heavy atom. The van der Waals surface area contributed by atoms with E-state index in [2.05, 4.69) is 15.4 Å². The van der Waals surface area contributed by atoms with E-state index in [1.807, 2.05) is 26.8 Å². The number of aromatic nitrogens is 3. The molecule has 1 aromatic heterocycles. The van der Waals surface area contributed by atoms with E-state index in [1.54, 1.807) is 31.2 Å². The molecule has 2 aromatic carbocycles. The fraction of sp³-hybridized carbons (Fsp3) is 0.250. The lowest BCUT2D eigenvalue weighted by Crippen LogP contribution is -2.15. The minimum Gasteiger partial charge on any atom is -0.491 e. The molecule has 1 N–H and O–H groups in total. The maximum atomic E-state index is 13.1. The Morgan fingerprint density at radius 1 is 1.15 bits per heavy atom. The fourth-order valence-corrected chi connectivity index (χ4v) is 2.61. The van der Waals surface area contributed by atoms with Crippen molar-refractivity contribution in [3.8, 4) is 11.4 Å². The third kappa shape index (κ3) is 4.31. The number of hydrogen-bond donors (Lipinski definition) is 1. The zero-order valence-electron chi connectivity index (χ0n) is 15.7. The predicted molar refractivity (Wildman–Crippen MR) is 101 cm³/mol. The quantitative estimate of drug-likeness (QED) is 0.737. The molecule has 1 amide bonds. The summed E-state index contributed by atoms with van der Waals surface area (Å²) in [6.45, 7) is 7.53. The van der Waals surface area contributed by atoms with E-state index in [4.69, 9.17) is 4.74 Å². The summed E-state index contributed by atoms with van der Waals surface area (Å²) < 4.78 is 20.2. The summed E-state index contributed by atoms with van der Waals surface area (Å²) in [6, 6.07) is 11.3. The van der Waals surface area contributed by atoms with Crippen molar-refractivity contribution < 1.29 is 13.9 Å². The van der Waals surface area contributed by atoms with Gasteiger partial charge in [-0.3, -0.25) is 4.79 Å². The molecule has 3 aromatic rings. The second-order valence-electron chi connectivity index (χ2n) is 6.47. The van der Waals surface area contributed by atoms with Gasteiger partial charge in [0.05, 0.1) is 11.8 Å². The van der Waals surface area contributed by atoms with Crippen LogP contribution in [0.3, 0.4) is 0 Å². The first-order chi connectivity index (χ1) is 12.8. The largest absolute Gasteiger partial charge is 0.491 e. The monoisotopic (exact) mass is 368 g/mol. The highest BCUT2D eigenvalue weighted by molar-refractivity contribution is 6.02. The molecule has 1 heterocycles. The number of hydrogen-bond acceptors (Lipinski definition) is 4. The Morgan fingerprint density at radius 2 is 1.85 bits per heavy atom. The van der Waals surface area contributed by atoms with Crippen molar-refractivity contribution in [1.82, 2.24) is 14.8 Å². The van der Waals surface area contributed by atoms with Crippen molar-refractivity contribution in [3.05, 3.63) is 65.5 Å². The second-order valence-corrected chi connectivity index (χ2v) is 6.47. The molecular weight excluding hydrogens is 347 g/mol. The second kappa shape index (κ2) is 7.57. The van der Waals surface area contributed by atoms with E-state index >= 15 is 0 Å². The van der Waals surface area contributed by atoms with Gasteiger partial charge in [0, 0.05) is 5.69 Å². The van der Waals surface area contributed by atoms with Crippen LogP contribution in [0.25, 0.3) is 5.69 Å². The van der Waals surface area contributed by atoms with Crippen LogP contribution in [0.4, 0.5) is 10.1 Å². The number of carbonyl (C=O) groups excluding carboxylic acids is 1. The van der Waals surface area contributed by atoms with E-state index in [0.29, 0.717) is 17.2 Å². The normalized spacial score (nSPS) is 10.9. The van der Waals surface area contributed by atoms with Crippen LogP contribution in [0.2, 0.25) is 0 Å². The number of nitrogens with zero attached hydrogens (tertiary/aromatic N) is 3. The Labute approximate surface area is 157 Å². The molecule has 140 valence electrons. The van der Waals surface area contributed by atoms with Crippen LogP contribution >= 0.6 is 0 Å². The van der Waals surface area contributed by atoms with Crippen molar-refractivity contribution >= 4 is 11.6 Å². The third-order valence-electron chi connectivity index (χ3n) is 3.86. The molecule has 0 fully saturated rings. The first-order valence-corrected chi connectivity index (χ1v) is 8.62. The van der Waals surface area contributed by atoms with Crippen molar-refractivity contribution in [2.45, 2.75) is 33.8 Å². The van der Waals surface area contributed by atoms with E-state index in [1.165, 1.54) is 16.8 Å². The standard InChI is InChI=1S/C20H21FN4O2/c1-12(2)27-17-9-10-18(13(3)11-17)23-20(26)19-22-14(4)25(24-19)16-7-5-15(21)6-8-16/h5-12H,1-4H3,(H,23,26). The van der Waals surface area contributed by atoms with Crippen LogP contribution in [-0.2, 0) is 0 Å². The predicted octanol–water partition coefficient (Wildman–Crippen LogP) is 4.06. The lowest BCUT2D eigenvalue weighted by atomic mass is 10.2. The fourth-order valence-electron chi connectivity index (χ4n) is 2.61. The zero-order valence-corrected chi connectivity index (χ0v) is 15.7. The van der Waals surface area contributed by atoms with Gasteiger partial charge in [-0.15, -0.1) is 5.10 Å². The Bertz CT molecular complexity index is 965. The summed E-state index contributed by atoms with van der Waals surface area (Å²) in [5, 5.41) is 7.05. The smallest absolute Gasteiger partial charge is 0.295 e. The number of carbonyl (C=O) groups is 1. The minimum absolute atomic E-state index is 0.0405. The van der Waals surface area contributed by atoms with Gasteiger partial charge in [0.2, 0.25) is 5.82 Å². The summed E-state index contributed by atoms with van der Waals surface area (Å²) in [5.74, 6) is 0.562. The SMILES string of the molecule is Cc1cc(OC(C)C)ccc1NC(=O)c1nc(C)n(-c2ccc(F)cc2)n1. The minimum atomic E-state index is -0.417. The van der Waals surface area contributed by atoms with Gasteiger partial charge in [-0.25, -0.2) is 14.1 Å². The van der Waals surface area contributed by atoms with Crippen molar-refractivity contribution in [2.75, 3.05) is 5.32 Å². The molecular formula is C20H21FN4O2. The van der Waals surface area contributed by atoms with Crippen molar-refractivity contribution in [1.29, 1.82) is 0 Å². The van der Waals surface area contributed by atoms with E-state index < -0.39 is 5.91 Å². The van der Waals surface area contributed by atoms with Gasteiger partial charge in [0.1, 0.15) is 17.4 Å². The molecule has 6 nitrogen and oxygen atoms in total. The Hall–Kier alpha value is -3.22. The topological polar surface area (TPSA) is 69.0 Å². The molecule has 0 atom stereocenters. The van der Waals surface area contributed by atoms with Crippen LogP contribution in [0.5, 0.6) is 5.75 Å². The Balaban J connectivity index is 1.79. The van der Waals surface area contributed by atoms with Crippen LogP contribution < -0.4 is 10.1 Å².